The maximum Gasteiger partial charge on any atom is 0.310 e. The van der Waals surface area contributed by atoms with Crippen molar-refractivity contribution in [1.82, 2.24) is 9.80 Å². The second-order valence-corrected chi connectivity index (χ2v) is 9.21. The number of nitrogens with zero attached hydrogens (tertiary/aromatic N) is 2. The number of ether oxygens (including phenoxy) is 1. The summed E-state index contributed by atoms with van der Waals surface area (Å²) in [7, 11) is 0. The Kier molecular flexibility index (Phi) is 6.70. The van der Waals surface area contributed by atoms with E-state index in [1.54, 1.807) is 11.0 Å². The van der Waals surface area contributed by atoms with Crippen LogP contribution in [0.2, 0.25) is 0 Å². The maximum atomic E-state index is 13.6. The Labute approximate surface area is 179 Å². The van der Waals surface area contributed by atoms with E-state index in [4.69, 9.17) is 4.74 Å². The van der Waals surface area contributed by atoms with Crippen LogP contribution in [0.25, 0.3) is 0 Å². The van der Waals surface area contributed by atoms with Crippen molar-refractivity contribution in [2.45, 2.75) is 55.2 Å². The molecule has 0 saturated carbocycles. The van der Waals surface area contributed by atoms with E-state index in [0.29, 0.717) is 19.5 Å². The lowest BCUT2D eigenvalue weighted by molar-refractivity contribution is -0.151. The Morgan fingerprint density at radius 1 is 1.45 bits per heavy atom. The lowest BCUT2D eigenvalue weighted by Gasteiger charge is -2.36. The zero-order valence-corrected chi connectivity index (χ0v) is 18.2. The molecule has 29 heavy (non-hydrogen) atoms. The number of carbonyl (C=O) groups is 3. The Bertz CT molecular complexity index is 688. The van der Waals surface area contributed by atoms with Gasteiger partial charge in [0.05, 0.1) is 24.5 Å². The quantitative estimate of drug-likeness (QED) is 0.279. The smallest absolute Gasteiger partial charge is 0.310 e. The number of carboxylic acids is 1. The van der Waals surface area contributed by atoms with Crippen LogP contribution in [0.4, 0.5) is 0 Å². The Morgan fingerprint density at radius 3 is 2.76 bits per heavy atom. The van der Waals surface area contributed by atoms with Gasteiger partial charge in [0.15, 0.2) is 0 Å². The number of carboxylic acid groups (broad SMARTS) is 1. The molecule has 3 aliphatic heterocycles. The van der Waals surface area contributed by atoms with Gasteiger partial charge in [0.1, 0.15) is 11.6 Å². The number of alkyl halides is 1. The van der Waals surface area contributed by atoms with E-state index in [2.05, 4.69) is 29.4 Å². The van der Waals surface area contributed by atoms with Crippen molar-refractivity contribution in [3.05, 3.63) is 12.7 Å². The zero-order chi connectivity index (χ0) is 21.3. The number of carbonyl (C=O) groups excluding carboxylic acids is 2. The van der Waals surface area contributed by atoms with Gasteiger partial charge in [0.25, 0.3) is 0 Å². The summed E-state index contributed by atoms with van der Waals surface area (Å²) in [5, 5.41) is 19.3. The number of β-amino-alcohol motifs (C(OH)–C–C–N with tert-alkyl or cyclic N) is 1. The van der Waals surface area contributed by atoms with Gasteiger partial charge in [-0.2, -0.15) is 0 Å². The predicted octanol–water partition coefficient (Wildman–Crippen LogP) is 1.02. The molecule has 1 spiro atoms. The molecule has 8 nitrogen and oxygen atoms in total. The number of rotatable bonds is 10. The van der Waals surface area contributed by atoms with Gasteiger partial charge in [0, 0.05) is 24.5 Å². The van der Waals surface area contributed by atoms with E-state index in [9.17, 15) is 24.6 Å². The van der Waals surface area contributed by atoms with Crippen LogP contribution in [-0.4, -0.2) is 86.6 Å². The van der Waals surface area contributed by atoms with E-state index >= 15 is 0 Å². The summed E-state index contributed by atoms with van der Waals surface area (Å²) in [6.07, 6.45) is 4.19. The summed E-state index contributed by atoms with van der Waals surface area (Å²) in [6.45, 7) is 6.34. The fourth-order valence-corrected chi connectivity index (χ4v) is 6.15. The highest BCUT2D eigenvalue weighted by Gasteiger charge is 2.76. The van der Waals surface area contributed by atoms with Gasteiger partial charge in [-0.05, 0) is 12.8 Å². The van der Waals surface area contributed by atoms with Crippen LogP contribution in [0, 0.1) is 11.8 Å². The number of aliphatic hydroxyl groups excluding tert-OH is 1. The molecule has 162 valence electrons. The predicted molar refractivity (Wildman–Crippen MR) is 108 cm³/mol. The number of hydrogen-bond donors (Lipinski definition) is 2. The van der Waals surface area contributed by atoms with Gasteiger partial charge < -0.3 is 24.7 Å². The van der Waals surface area contributed by atoms with Crippen molar-refractivity contribution in [2.75, 3.05) is 26.2 Å². The number of halogens is 1. The molecule has 0 aromatic heterocycles. The molecule has 3 aliphatic rings. The molecule has 3 unspecified atom stereocenters. The summed E-state index contributed by atoms with van der Waals surface area (Å²) in [6, 6.07) is -0.942. The first-order chi connectivity index (χ1) is 13.8. The molecule has 3 saturated heterocycles. The van der Waals surface area contributed by atoms with Crippen molar-refractivity contribution < 1.29 is 29.3 Å². The fraction of sp³-hybridized carbons (Fsp3) is 0.750. The lowest BCUT2D eigenvalue weighted by atomic mass is 9.70. The molecule has 2 amide bonds. The van der Waals surface area contributed by atoms with Crippen molar-refractivity contribution in [2.24, 2.45) is 11.8 Å². The third kappa shape index (κ3) is 3.51. The maximum absolute atomic E-state index is 13.6. The summed E-state index contributed by atoms with van der Waals surface area (Å²) in [5.41, 5.74) is -1.19. The van der Waals surface area contributed by atoms with Crippen LogP contribution in [0.5, 0.6) is 0 Å². The van der Waals surface area contributed by atoms with Gasteiger partial charge in [-0.15, -0.1) is 6.58 Å². The third-order valence-electron chi connectivity index (χ3n) is 6.34. The van der Waals surface area contributed by atoms with Crippen LogP contribution in [0.1, 0.15) is 32.6 Å². The molecule has 2 bridgehead atoms. The van der Waals surface area contributed by atoms with Crippen LogP contribution in [0.15, 0.2) is 12.7 Å². The normalized spacial score (nSPS) is 35.1. The first-order valence-electron chi connectivity index (χ1n) is 10.2. The van der Waals surface area contributed by atoms with Crippen LogP contribution in [-0.2, 0) is 19.1 Å². The highest BCUT2D eigenvalue weighted by molar-refractivity contribution is 9.09. The minimum absolute atomic E-state index is 0.0301. The van der Waals surface area contributed by atoms with Gasteiger partial charge in [-0.1, -0.05) is 41.8 Å². The summed E-state index contributed by atoms with van der Waals surface area (Å²) < 4.78 is 6.16. The number of aliphatic carboxylic acids is 1. The molecule has 3 rings (SSSR count). The van der Waals surface area contributed by atoms with Gasteiger partial charge in [0.2, 0.25) is 11.8 Å². The topological polar surface area (TPSA) is 107 Å². The van der Waals surface area contributed by atoms with Crippen molar-refractivity contribution in [1.29, 1.82) is 0 Å². The fourth-order valence-electron chi connectivity index (χ4n) is 5.21. The second-order valence-electron chi connectivity index (χ2n) is 8.04. The van der Waals surface area contributed by atoms with Gasteiger partial charge in [-0.3, -0.25) is 14.4 Å². The van der Waals surface area contributed by atoms with Crippen LogP contribution < -0.4 is 0 Å². The Morgan fingerprint density at radius 2 is 2.17 bits per heavy atom. The second kappa shape index (κ2) is 8.73. The number of amides is 2. The van der Waals surface area contributed by atoms with Crippen LogP contribution in [0.3, 0.4) is 0 Å². The summed E-state index contributed by atoms with van der Waals surface area (Å²) >= 11 is 3.50. The molecule has 2 N–H and O–H groups in total. The van der Waals surface area contributed by atoms with E-state index in [1.807, 2.05) is 0 Å². The number of fused-ring (bicyclic) bond motifs is 1. The highest BCUT2D eigenvalue weighted by atomic mass is 79.9. The van der Waals surface area contributed by atoms with E-state index in [1.165, 1.54) is 4.90 Å². The molecular weight excluding hydrogens is 444 g/mol. The summed E-state index contributed by atoms with van der Waals surface area (Å²) in [4.78, 5) is 41.5. The zero-order valence-electron chi connectivity index (χ0n) is 16.6. The molecule has 3 fully saturated rings. The first-order valence-corrected chi connectivity index (χ1v) is 11.1. The van der Waals surface area contributed by atoms with Gasteiger partial charge >= 0.3 is 5.97 Å². The molecule has 0 radical (unpaired) electrons. The molecule has 9 heteroatoms. The first kappa shape index (κ1) is 22.2. The van der Waals surface area contributed by atoms with E-state index in [-0.39, 0.29) is 23.9 Å². The minimum atomic E-state index is -1.19. The third-order valence-corrected chi connectivity index (χ3v) is 7.19. The minimum Gasteiger partial charge on any atom is -0.481 e. The lowest BCUT2D eigenvalue weighted by Crippen LogP contribution is -2.57. The number of unbranched alkanes of at least 4 members (excludes halogenated alkanes) is 2. The average molecular weight is 473 g/mol. The van der Waals surface area contributed by atoms with E-state index < -0.39 is 41.5 Å². The van der Waals surface area contributed by atoms with Crippen LogP contribution >= 0.6 is 15.9 Å². The summed E-state index contributed by atoms with van der Waals surface area (Å²) in [5.74, 6) is -3.70. The Hall–Kier alpha value is -1.45. The standard InChI is InChI=1S/C20H29BrN2O6/c1-3-5-6-8-22(7-4-2)18(26)16-20-11-12(21)15(29-20)13(19(27)28)14(20)17(25)23(16)9-10-24/h4,12-16,24H,2-3,5-11H2,1H3,(H,27,28)/t12?,13-,14+,15-,16?,20?/m1/s1. The largest absolute Gasteiger partial charge is 0.481 e. The van der Waals surface area contributed by atoms with Crippen molar-refractivity contribution in [3.8, 4) is 0 Å². The molecule has 0 aromatic rings. The molecule has 0 aliphatic carbocycles. The van der Waals surface area contributed by atoms with Crippen molar-refractivity contribution >= 4 is 33.7 Å². The molecule has 0 aromatic carbocycles. The highest BCUT2D eigenvalue weighted by Crippen LogP contribution is 2.60. The number of likely N-dealkylation sites (tertiary alicyclic amines) is 1. The Balaban J connectivity index is 1.98. The van der Waals surface area contributed by atoms with Gasteiger partial charge in [-0.25, -0.2) is 0 Å². The average Bonchev–Trinajstić information content (AvgIpc) is 3.25. The SMILES string of the molecule is C=CCN(CCCCC)C(=O)C1N(CCO)C(=O)[C@@H]2[C@@H](C(=O)O)[C@@H]3OC12CC3Br. The molecular formula is C20H29BrN2O6. The number of hydrogen-bond acceptors (Lipinski definition) is 5. The number of aliphatic hydroxyl groups is 1. The molecule has 6 atom stereocenters. The monoisotopic (exact) mass is 472 g/mol. The molecule has 3 heterocycles. The van der Waals surface area contributed by atoms with Crippen molar-refractivity contribution in [3.63, 3.8) is 0 Å². The van der Waals surface area contributed by atoms with E-state index in [0.717, 1.165) is 19.3 Å².